The van der Waals surface area contributed by atoms with Crippen LogP contribution in [-0.4, -0.2) is 27.8 Å². The number of aromatic nitrogens is 3. The molecule has 150 valence electrons. The van der Waals surface area contributed by atoms with Crippen LogP contribution >= 0.6 is 0 Å². The van der Waals surface area contributed by atoms with E-state index in [4.69, 9.17) is 4.74 Å². The van der Waals surface area contributed by atoms with E-state index in [-0.39, 0.29) is 29.7 Å². The van der Waals surface area contributed by atoms with Crippen LogP contribution in [0.25, 0.3) is 0 Å². The lowest BCUT2D eigenvalue weighted by atomic mass is 9.91. The molecule has 1 aliphatic rings. The number of hydrogen-bond donors (Lipinski definition) is 0. The summed E-state index contributed by atoms with van der Waals surface area (Å²) in [5.41, 5.74) is 1.91. The van der Waals surface area contributed by atoms with E-state index in [1.807, 2.05) is 38.1 Å². The topological polar surface area (TPSA) is 60.2 Å². The van der Waals surface area contributed by atoms with Gasteiger partial charge in [-0.2, -0.15) is 10.1 Å². The molecule has 0 fully saturated rings. The molecule has 3 aromatic rings. The van der Waals surface area contributed by atoms with E-state index in [0.717, 1.165) is 16.9 Å². The summed E-state index contributed by atoms with van der Waals surface area (Å²) in [6, 6.07) is 13.8. The third-order valence-electron chi connectivity index (χ3n) is 5.31. The highest BCUT2D eigenvalue weighted by atomic mass is 19.1. The van der Waals surface area contributed by atoms with E-state index in [2.05, 4.69) is 10.1 Å². The first-order chi connectivity index (χ1) is 14.0. The molecule has 0 saturated carbocycles. The van der Waals surface area contributed by atoms with Crippen molar-refractivity contribution in [2.45, 2.75) is 32.4 Å². The molecule has 1 aliphatic heterocycles. The Morgan fingerprint density at radius 1 is 1.07 bits per heavy atom. The average molecular weight is 394 g/mol. The minimum absolute atomic E-state index is 0.0161. The second-order valence-corrected chi connectivity index (χ2v) is 7.46. The summed E-state index contributed by atoms with van der Waals surface area (Å²) in [6.45, 7) is 3.75. The molecule has 4 rings (SSSR count). The molecule has 2 aromatic carbocycles. The zero-order chi connectivity index (χ0) is 20.5. The molecule has 29 heavy (non-hydrogen) atoms. The molecule has 0 aliphatic carbocycles. The van der Waals surface area contributed by atoms with Gasteiger partial charge >= 0.3 is 0 Å². The van der Waals surface area contributed by atoms with Crippen molar-refractivity contribution in [1.29, 1.82) is 0 Å². The molecule has 0 saturated heterocycles. The number of benzene rings is 2. The van der Waals surface area contributed by atoms with Crippen molar-refractivity contribution in [1.82, 2.24) is 14.8 Å². The molecule has 0 bridgehead atoms. The Bertz CT molecular complexity index is 998. The summed E-state index contributed by atoms with van der Waals surface area (Å²) in [7, 11) is 1.62. The Morgan fingerprint density at radius 2 is 1.69 bits per heavy atom. The number of carbonyl (C=O) groups excluding carboxylic acids is 1. The van der Waals surface area contributed by atoms with E-state index >= 15 is 0 Å². The number of fused-ring (bicyclic) bond motifs is 1. The zero-order valence-electron chi connectivity index (χ0n) is 16.6. The smallest absolute Gasteiger partial charge is 0.232 e. The summed E-state index contributed by atoms with van der Waals surface area (Å²) in [5.74, 6) is 0.766. The van der Waals surface area contributed by atoms with E-state index in [9.17, 15) is 9.18 Å². The highest BCUT2D eigenvalue weighted by molar-refractivity contribution is 5.94. The Hall–Kier alpha value is -3.22. The monoisotopic (exact) mass is 394 g/mol. The minimum Gasteiger partial charge on any atom is -0.497 e. The Labute approximate surface area is 168 Å². The van der Waals surface area contributed by atoms with Crippen molar-refractivity contribution in [3.63, 3.8) is 0 Å². The van der Waals surface area contributed by atoms with Gasteiger partial charge in [0, 0.05) is 5.92 Å². The van der Waals surface area contributed by atoms with Gasteiger partial charge < -0.3 is 4.74 Å². The first-order valence-corrected chi connectivity index (χ1v) is 9.61. The molecule has 0 N–H and O–H groups in total. The van der Waals surface area contributed by atoms with E-state index in [1.165, 1.54) is 18.5 Å². The molecule has 0 radical (unpaired) electrons. The number of methoxy groups -OCH3 is 1. The minimum atomic E-state index is -0.285. The van der Waals surface area contributed by atoms with Gasteiger partial charge in [0.25, 0.3) is 0 Å². The number of amides is 1. The maximum atomic E-state index is 13.5. The van der Waals surface area contributed by atoms with Gasteiger partial charge in [0.15, 0.2) is 0 Å². The van der Waals surface area contributed by atoms with Crippen LogP contribution in [0.2, 0.25) is 0 Å². The van der Waals surface area contributed by atoms with E-state index in [0.29, 0.717) is 12.4 Å². The van der Waals surface area contributed by atoms with Crippen molar-refractivity contribution < 1.29 is 13.9 Å². The van der Waals surface area contributed by atoms with Crippen molar-refractivity contribution >= 4 is 11.9 Å². The lowest BCUT2D eigenvalue weighted by Crippen LogP contribution is -2.44. The highest BCUT2D eigenvalue weighted by Gasteiger charge is 2.39. The number of anilines is 1. The summed E-state index contributed by atoms with van der Waals surface area (Å²) in [5, 5.41) is 4.38. The largest absolute Gasteiger partial charge is 0.497 e. The first-order valence-electron chi connectivity index (χ1n) is 9.61. The van der Waals surface area contributed by atoms with Crippen molar-refractivity contribution in [3.05, 3.63) is 71.8 Å². The third-order valence-corrected chi connectivity index (χ3v) is 5.31. The predicted molar refractivity (Wildman–Crippen MR) is 107 cm³/mol. The van der Waals surface area contributed by atoms with Crippen molar-refractivity contribution in [2.75, 3.05) is 12.0 Å². The van der Waals surface area contributed by atoms with Gasteiger partial charge in [0.2, 0.25) is 11.9 Å². The van der Waals surface area contributed by atoms with Crippen LogP contribution in [0, 0.1) is 11.7 Å². The van der Waals surface area contributed by atoms with Crippen LogP contribution in [0.5, 0.6) is 5.75 Å². The summed E-state index contributed by atoms with van der Waals surface area (Å²) >= 11 is 0. The highest BCUT2D eigenvalue weighted by Crippen LogP contribution is 2.42. The number of hydrogen-bond acceptors (Lipinski definition) is 4. The van der Waals surface area contributed by atoms with E-state index < -0.39 is 0 Å². The van der Waals surface area contributed by atoms with Gasteiger partial charge in [-0.3, -0.25) is 9.69 Å². The molecule has 2 heterocycles. The third kappa shape index (κ3) is 3.48. The van der Waals surface area contributed by atoms with Crippen LogP contribution in [0.4, 0.5) is 10.3 Å². The number of nitrogens with zero attached hydrogens (tertiary/aromatic N) is 4. The number of rotatable bonds is 4. The van der Waals surface area contributed by atoms with Crippen molar-refractivity contribution in [3.8, 4) is 5.75 Å². The van der Waals surface area contributed by atoms with E-state index in [1.54, 1.807) is 28.8 Å². The summed E-state index contributed by atoms with van der Waals surface area (Å²) < 4.78 is 20.5. The van der Waals surface area contributed by atoms with Crippen LogP contribution in [0.3, 0.4) is 0 Å². The van der Waals surface area contributed by atoms with Crippen LogP contribution in [0.15, 0.2) is 54.9 Å². The Balaban J connectivity index is 1.82. The molecule has 6 nitrogen and oxygen atoms in total. The molecule has 1 amide bonds. The quantitative estimate of drug-likeness (QED) is 0.667. The molecule has 0 unspecified atom stereocenters. The fourth-order valence-corrected chi connectivity index (χ4v) is 3.80. The molecule has 0 spiro atoms. The lowest BCUT2D eigenvalue weighted by Gasteiger charge is -2.40. The molecular formula is C22H23FN4O2. The fraction of sp³-hybridized carbons (Fsp3) is 0.318. The van der Waals surface area contributed by atoms with Crippen LogP contribution in [-0.2, 0) is 4.79 Å². The normalized spacial score (nSPS) is 18.6. The van der Waals surface area contributed by atoms with Gasteiger partial charge in [0.1, 0.15) is 17.9 Å². The molecule has 7 heteroatoms. The predicted octanol–water partition coefficient (Wildman–Crippen LogP) is 4.15. The van der Waals surface area contributed by atoms with Gasteiger partial charge in [-0.25, -0.2) is 9.07 Å². The molecule has 1 aromatic heterocycles. The lowest BCUT2D eigenvalue weighted by molar-refractivity contribution is -0.122. The maximum absolute atomic E-state index is 13.5. The standard InChI is InChI=1S/C22H23FN4O2/c1-14(2)21(28)26-19(15-6-10-18(29-3)11-7-15)12-20(27-22(26)24-13-25-27)16-4-8-17(23)9-5-16/h4-11,13-14,19-20H,12H2,1-3H3/t19-,20-/m0/s1. The fourth-order valence-electron chi connectivity index (χ4n) is 3.80. The second-order valence-electron chi connectivity index (χ2n) is 7.46. The van der Waals surface area contributed by atoms with Gasteiger partial charge in [-0.1, -0.05) is 38.1 Å². The molecule has 2 atom stereocenters. The van der Waals surface area contributed by atoms with Gasteiger partial charge in [0.05, 0.1) is 19.2 Å². The average Bonchev–Trinajstić information content (AvgIpc) is 3.22. The first kappa shape index (κ1) is 19.1. The summed E-state index contributed by atoms with van der Waals surface area (Å²) in [6.07, 6.45) is 2.07. The van der Waals surface area contributed by atoms with Gasteiger partial charge in [-0.05, 0) is 41.8 Å². The SMILES string of the molecule is COc1ccc([C@@H]2C[C@@H](c3ccc(F)cc3)n3ncnc3N2C(=O)C(C)C)cc1. The molecular weight excluding hydrogens is 371 g/mol. The second kappa shape index (κ2) is 7.66. The number of ether oxygens (including phenoxy) is 1. The van der Waals surface area contributed by atoms with Crippen LogP contribution in [0.1, 0.15) is 43.5 Å². The maximum Gasteiger partial charge on any atom is 0.232 e. The summed E-state index contributed by atoms with van der Waals surface area (Å²) in [4.78, 5) is 19.3. The Kier molecular flexibility index (Phi) is 5.05. The van der Waals surface area contributed by atoms with Gasteiger partial charge in [-0.15, -0.1) is 0 Å². The zero-order valence-corrected chi connectivity index (χ0v) is 16.6. The van der Waals surface area contributed by atoms with Crippen LogP contribution < -0.4 is 9.64 Å². The van der Waals surface area contributed by atoms with Crippen molar-refractivity contribution in [2.24, 2.45) is 5.92 Å². The number of halogens is 1. The Morgan fingerprint density at radius 3 is 2.31 bits per heavy atom. The number of carbonyl (C=O) groups is 1.